The van der Waals surface area contributed by atoms with Crippen LogP contribution in [0.3, 0.4) is 0 Å². The van der Waals surface area contributed by atoms with E-state index < -0.39 is 0 Å². The fourth-order valence-corrected chi connectivity index (χ4v) is 2.23. The van der Waals surface area contributed by atoms with Gasteiger partial charge in [0, 0.05) is 5.56 Å². The van der Waals surface area contributed by atoms with E-state index >= 15 is 0 Å². The highest BCUT2D eigenvalue weighted by Crippen LogP contribution is 2.13. The summed E-state index contributed by atoms with van der Waals surface area (Å²) in [6, 6.07) is 14.9. The molecule has 1 amide bonds. The van der Waals surface area contributed by atoms with Crippen molar-refractivity contribution >= 4 is 11.6 Å². The Hall–Kier alpha value is -2.71. The van der Waals surface area contributed by atoms with Crippen LogP contribution in [0.15, 0.2) is 48.5 Å². The lowest BCUT2D eigenvalue weighted by atomic mass is 10.1. The molecule has 0 radical (unpaired) electrons. The molecule has 0 heterocycles. The van der Waals surface area contributed by atoms with Gasteiger partial charge in [0.15, 0.2) is 6.04 Å². The van der Waals surface area contributed by atoms with E-state index in [2.05, 4.69) is 11.4 Å². The highest BCUT2D eigenvalue weighted by atomic mass is 19.1. The Balaban J connectivity index is 2.01. The van der Waals surface area contributed by atoms with Gasteiger partial charge in [-0.3, -0.25) is 4.79 Å². The molecule has 4 nitrogen and oxygen atoms in total. The number of carbonyl (C=O) groups excluding carboxylic acids is 1. The first kappa shape index (κ1) is 16.7. The number of likely N-dealkylation sites (N-methyl/N-ethyl adjacent to an activating group) is 1. The number of para-hydroxylation sites is 1. The Kier molecular flexibility index (Phi) is 5.45. The molecular weight excluding hydrogens is 293 g/mol. The van der Waals surface area contributed by atoms with Gasteiger partial charge < -0.3 is 10.2 Å². The number of rotatable bonds is 5. The minimum absolute atomic E-state index is 0.160. The Morgan fingerprint density at radius 3 is 2.57 bits per heavy atom. The standard InChI is InChI=1S/C18H18FN3O/c1-13(22(2)12-14-7-9-16(19)10-8-14)18(23)21-17-6-4-3-5-15(17)11-20/h3-10,13H,12H2,1-2H3,(H,21,23)/p+1/t13-/m1/s1. The number of amides is 1. The lowest BCUT2D eigenvalue weighted by Gasteiger charge is -2.21. The number of carbonyl (C=O) groups is 1. The predicted octanol–water partition coefficient (Wildman–Crippen LogP) is 1.74. The van der Waals surface area contributed by atoms with Gasteiger partial charge in [-0.05, 0) is 31.2 Å². The normalized spacial score (nSPS) is 13.0. The molecule has 23 heavy (non-hydrogen) atoms. The minimum Gasteiger partial charge on any atom is -0.324 e. The van der Waals surface area contributed by atoms with Crippen molar-refractivity contribution < 1.29 is 14.1 Å². The molecule has 2 rings (SSSR count). The molecule has 118 valence electrons. The van der Waals surface area contributed by atoms with Crippen molar-refractivity contribution in [1.82, 2.24) is 0 Å². The fraction of sp³-hybridized carbons (Fsp3) is 0.222. The average Bonchev–Trinajstić information content (AvgIpc) is 2.56. The molecule has 0 spiro atoms. The molecule has 5 heteroatoms. The van der Waals surface area contributed by atoms with Crippen LogP contribution in [-0.2, 0) is 11.3 Å². The third-order valence-corrected chi connectivity index (χ3v) is 3.83. The second kappa shape index (κ2) is 7.52. The van der Waals surface area contributed by atoms with Crippen LogP contribution in [0.25, 0.3) is 0 Å². The van der Waals surface area contributed by atoms with Crippen LogP contribution < -0.4 is 10.2 Å². The lowest BCUT2D eigenvalue weighted by Crippen LogP contribution is -3.12. The number of benzene rings is 2. The molecule has 0 saturated carbocycles. The van der Waals surface area contributed by atoms with Crippen molar-refractivity contribution in [2.24, 2.45) is 0 Å². The van der Waals surface area contributed by atoms with Gasteiger partial charge in [0.2, 0.25) is 0 Å². The minimum atomic E-state index is -0.313. The molecule has 0 aliphatic rings. The molecule has 2 atom stereocenters. The van der Waals surface area contributed by atoms with Crippen molar-refractivity contribution in [3.63, 3.8) is 0 Å². The first-order chi connectivity index (χ1) is 11.0. The summed E-state index contributed by atoms with van der Waals surface area (Å²) < 4.78 is 12.9. The van der Waals surface area contributed by atoms with Gasteiger partial charge in [0.1, 0.15) is 18.4 Å². The van der Waals surface area contributed by atoms with Gasteiger partial charge in [-0.2, -0.15) is 5.26 Å². The van der Waals surface area contributed by atoms with Gasteiger partial charge in [-0.25, -0.2) is 4.39 Å². The highest BCUT2D eigenvalue weighted by molar-refractivity contribution is 5.94. The van der Waals surface area contributed by atoms with Gasteiger partial charge in [-0.1, -0.05) is 24.3 Å². The zero-order valence-electron chi connectivity index (χ0n) is 13.1. The molecule has 2 N–H and O–H groups in total. The Labute approximate surface area is 135 Å². The summed E-state index contributed by atoms with van der Waals surface area (Å²) in [6.07, 6.45) is 0. The molecule has 2 aromatic rings. The maximum absolute atomic E-state index is 12.9. The van der Waals surface area contributed by atoms with Crippen molar-refractivity contribution in [3.8, 4) is 6.07 Å². The number of hydrogen-bond donors (Lipinski definition) is 2. The molecular formula is C18H19FN3O+. The SMILES string of the molecule is C[C@H](C(=O)Nc1ccccc1C#N)[NH+](C)Cc1ccc(F)cc1. The van der Waals surface area contributed by atoms with E-state index in [1.165, 1.54) is 12.1 Å². The molecule has 0 saturated heterocycles. The maximum Gasteiger partial charge on any atom is 0.282 e. The summed E-state index contributed by atoms with van der Waals surface area (Å²) in [7, 11) is 1.91. The zero-order chi connectivity index (χ0) is 16.8. The van der Waals surface area contributed by atoms with E-state index in [1.54, 1.807) is 36.4 Å². The Morgan fingerprint density at radius 2 is 1.91 bits per heavy atom. The molecule has 1 unspecified atom stereocenters. The third kappa shape index (κ3) is 4.38. The number of nitrogens with one attached hydrogen (secondary N) is 2. The number of nitriles is 1. The molecule has 2 aromatic carbocycles. The summed E-state index contributed by atoms with van der Waals surface area (Å²) in [5, 5.41) is 11.9. The van der Waals surface area contributed by atoms with E-state index in [0.717, 1.165) is 10.5 Å². The Morgan fingerprint density at radius 1 is 1.26 bits per heavy atom. The summed E-state index contributed by atoms with van der Waals surface area (Å²) in [4.78, 5) is 13.3. The number of halogens is 1. The summed E-state index contributed by atoms with van der Waals surface area (Å²) >= 11 is 0. The Bertz CT molecular complexity index is 722. The van der Waals surface area contributed by atoms with Crippen molar-refractivity contribution in [3.05, 3.63) is 65.5 Å². The number of nitrogens with zero attached hydrogens (tertiary/aromatic N) is 1. The van der Waals surface area contributed by atoms with E-state index in [9.17, 15) is 9.18 Å². The van der Waals surface area contributed by atoms with Crippen molar-refractivity contribution in [2.75, 3.05) is 12.4 Å². The summed E-state index contributed by atoms with van der Waals surface area (Å²) in [6.45, 7) is 2.43. The van der Waals surface area contributed by atoms with Crippen LogP contribution >= 0.6 is 0 Å². The number of hydrogen-bond acceptors (Lipinski definition) is 2. The van der Waals surface area contributed by atoms with Crippen molar-refractivity contribution in [2.45, 2.75) is 19.5 Å². The monoisotopic (exact) mass is 312 g/mol. The third-order valence-electron chi connectivity index (χ3n) is 3.83. The molecule has 0 fully saturated rings. The first-order valence-corrected chi connectivity index (χ1v) is 7.38. The van der Waals surface area contributed by atoms with Crippen LogP contribution in [0, 0.1) is 17.1 Å². The van der Waals surface area contributed by atoms with E-state index in [0.29, 0.717) is 17.8 Å². The molecule has 0 aromatic heterocycles. The van der Waals surface area contributed by atoms with Crippen LogP contribution in [0.5, 0.6) is 0 Å². The maximum atomic E-state index is 12.9. The largest absolute Gasteiger partial charge is 0.324 e. The molecule has 0 aliphatic heterocycles. The van der Waals surface area contributed by atoms with Crippen LogP contribution in [-0.4, -0.2) is 19.0 Å². The number of quaternary nitrogens is 1. The van der Waals surface area contributed by atoms with E-state index in [4.69, 9.17) is 5.26 Å². The summed E-state index contributed by atoms with van der Waals surface area (Å²) in [5.74, 6) is -0.433. The number of anilines is 1. The molecule has 0 bridgehead atoms. The van der Waals surface area contributed by atoms with E-state index in [1.807, 2.05) is 14.0 Å². The van der Waals surface area contributed by atoms with Gasteiger partial charge >= 0.3 is 0 Å². The zero-order valence-corrected chi connectivity index (χ0v) is 13.1. The highest BCUT2D eigenvalue weighted by Gasteiger charge is 2.22. The second-order valence-corrected chi connectivity index (χ2v) is 5.52. The average molecular weight is 312 g/mol. The van der Waals surface area contributed by atoms with Gasteiger partial charge in [-0.15, -0.1) is 0 Å². The van der Waals surface area contributed by atoms with Crippen molar-refractivity contribution in [1.29, 1.82) is 5.26 Å². The van der Waals surface area contributed by atoms with Crippen LogP contribution in [0.1, 0.15) is 18.1 Å². The summed E-state index contributed by atoms with van der Waals surface area (Å²) in [5.41, 5.74) is 1.91. The quantitative estimate of drug-likeness (QED) is 0.883. The van der Waals surface area contributed by atoms with Gasteiger partial charge in [0.25, 0.3) is 5.91 Å². The lowest BCUT2D eigenvalue weighted by molar-refractivity contribution is -0.907. The fourth-order valence-electron chi connectivity index (χ4n) is 2.23. The van der Waals surface area contributed by atoms with Crippen LogP contribution in [0.2, 0.25) is 0 Å². The topological polar surface area (TPSA) is 57.3 Å². The van der Waals surface area contributed by atoms with Crippen LogP contribution in [0.4, 0.5) is 10.1 Å². The predicted molar refractivity (Wildman–Crippen MR) is 86.2 cm³/mol. The second-order valence-electron chi connectivity index (χ2n) is 5.52. The smallest absolute Gasteiger partial charge is 0.282 e. The van der Waals surface area contributed by atoms with Gasteiger partial charge in [0.05, 0.1) is 18.3 Å². The molecule has 0 aliphatic carbocycles. The first-order valence-electron chi connectivity index (χ1n) is 7.38. The van der Waals surface area contributed by atoms with E-state index in [-0.39, 0.29) is 17.8 Å².